The Bertz CT molecular complexity index is 57.9. The summed E-state index contributed by atoms with van der Waals surface area (Å²) in [5.74, 6) is 0. The van der Waals surface area contributed by atoms with Crippen LogP contribution in [0.1, 0.15) is 20.3 Å². The lowest BCUT2D eigenvalue weighted by Crippen LogP contribution is -3.05. The van der Waals surface area contributed by atoms with Crippen molar-refractivity contribution >= 4 is 0 Å². The van der Waals surface area contributed by atoms with E-state index in [1.807, 2.05) is 13.8 Å². The molecule has 2 N–H and O–H groups in total. The summed E-state index contributed by atoms with van der Waals surface area (Å²) in [5, 5.41) is 8.84. The highest BCUT2D eigenvalue weighted by molar-refractivity contribution is 4.56. The number of likely N-dealkylation sites (tertiary alicyclic amines) is 1. The van der Waals surface area contributed by atoms with Crippen molar-refractivity contribution in [3.05, 3.63) is 7.05 Å². The lowest BCUT2D eigenvalue weighted by molar-refractivity contribution is -0.841. The highest BCUT2D eigenvalue weighted by atomic mass is 16.3. The predicted molar refractivity (Wildman–Crippen MR) is 38.0 cm³/mol. The van der Waals surface area contributed by atoms with Gasteiger partial charge in [-0.3, -0.25) is 0 Å². The van der Waals surface area contributed by atoms with Crippen LogP contribution >= 0.6 is 0 Å². The van der Waals surface area contributed by atoms with Crippen molar-refractivity contribution in [2.75, 3.05) is 13.1 Å². The molecule has 1 saturated heterocycles. The fraction of sp³-hybridized carbons (Fsp3) is 0.857. The van der Waals surface area contributed by atoms with E-state index in [0.717, 1.165) is 19.5 Å². The van der Waals surface area contributed by atoms with E-state index in [0.29, 0.717) is 0 Å². The van der Waals surface area contributed by atoms with Crippen molar-refractivity contribution in [1.82, 2.24) is 0 Å². The fourth-order valence-electron chi connectivity index (χ4n) is 0.908. The minimum absolute atomic E-state index is 0.0764. The maximum Gasteiger partial charge on any atom is 0.106 e. The van der Waals surface area contributed by atoms with E-state index in [9.17, 15) is 0 Å². The van der Waals surface area contributed by atoms with E-state index in [2.05, 4.69) is 7.05 Å². The van der Waals surface area contributed by atoms with Gasteiger partial charge in [-0.2, -0.15) is 7.05 Å². The lowest BCUT2D eigenvalue weighted by atomic mass is 10.3. The average Bonchev–Trinajstić information content (AvgIpc) is 2.20. The van der Waals surface area contributed by atoms with Crippen LogP contribution < -0.4 is 4.90 Å². The second kappa shape index (κ2) is 4.77. The third kappa shape index (κ3) is 3.49. The van der Waals surface area contributed by atoms with Gasteiger partial charge in [-0.1, -0.05) is 13.8 Å². The highest BCUT2D eigenvalue weighted by Gasteiger charge is 2.15. The van der Waals surface area contributed by atoms with Gasteiger partial charge in [0.2, 0.25) is 0 Å². The Morgan fingerprint density at radius 2 is 2.11 bits per heavy atom. The summed E-state index contributed by atoms with van der Waals surface area (Å²) in [6, 6.07) is 0. The number of aliphatic hydroxyl groups is 1. The Hall–Kier alpha value is -0.0800. The third-order valence-corrected chi connectivity index (χ3v) is 1.36. The Morgan fingerprint density at radius 3 is 2.22 bits per heavy atom. The van der Waals surface area contributed by atoms with Gasteiger partial charge in [0, 0.05) is 6.42 Å². The van der Waals surface area contributed by atoms with Gasteiger partial charge in [-0.05, 0) is 0 Å². The Labute approximate surface area is 57.5 Å². The van der Waals surface area contributed by atoms with Crippen molar-refractivity contribution < 1.29 is 10.0 Å². The highest BCUT2D eigenvalue weighted by Crippen LogP contribution is 1.88. The molecule has 1 aliphatic rings. The van der Waals surface area contributed by atoms with Crippen LogP contribution in [0.2, 0.25) is 0 Å². The molecule has 0 saturated carbocycles. The summed E-state index contributed by atoms with van der Waals surface area (Å²) in [7, 11) is 3.74. The van der Waals surface area contributed by atoms with Gasteiger partial charge in [-0.25, -0.2) is 0 Å². The number of hydrogen-bond donors (Lipinski definition) is 2. The van der Waals surface area contributed by atoms with Crippen LogP contribution in [0.4, 0.5) is 0 Å². The van der Waals surface area contributed by atoms with E-state index >= 15 is 0 Å². The SMILES string of the molecule is CC.[CH2-][NH+]1CC[C@@H](O)C1. The molecule has 0 aromatic heterocycles. The normalized spacial score (nSPS) is 33.3. The molecule has 2 atom stereocenters. The predicted octanol–water partition coefficient (Wildman–Crippen LogP) is -0.546. The topological polar surface area (TPSA) is 24.7 Å². The first-order valence-electron chi connectivity index (χ1n) is 3.64. The van der Waals surface area contributed by atoms with Gasteiger partial charge in [-0.15, -0.1) is 0 Å². The molecule has 0 aliphatic carbocycles. The number of nitrogens with one attached hydrogen (secondary N) is 1. The largest absolute Gasteiger partial charge is 0.466 e. The molecule has 1 heterocycles. The smallest absolute Gasteiger partial charge is 0.106 e. The lowest BCUT2D eigenvalue weighted by Gasteiger charge is -2.09. The summed E-state index contributed by atoms with van der Waals surface area (Å²) in [4.78, 5) is 1.20. The first-order valence-corrected chi connectivity index (χ1v) is 3.64. The molecule has 0 bridgehead atoms. The first-order chi connectivity index (χ1) is 4.29. The molecule has 2 nitrogen and oxygen atoms in total. The molecular weight excluding hydrogens is 114 g/mol. The molecular formula is C7H17NO. The van der Waals surface area contributed by atoms with Crippen LogP contribution in [-0.4, -0.2) is 24.3 Å². The summed E-state index contributed by atoms with van der Waals surface area (Å²) in [6.45, 7) is 5.86. The summed E-state index contributed by atoms with van der Waals surface area (Å²) in [5.41, 5.74) is 0. The zero-order valence-corrected chi connectivity index (χ0v) is 6.35. The zero-order valence-electron chi connectivity index (χ0n) is 6.35. The first kappa shape index (κ1) is 8.92. The number of aliphatic hydroxyl groups excluding tert-OH is 1. The maximum atomic E-state index is 8.84. The quantitative estimate of drug-likeness (QED) is 0.424. The van der Waals surface area contributed by atoms with Crippen molar-refractivity contribution in [3.8, 4) is 0 Å². The molecule has 0 radical (unpaired) electrons. The van der Waals surface area contributed by atoms with Crippen molar-refractivity contribution in [3.63, 3.8) is 0 Å². The van der Waals surface area contributed by atoms with Gasteiger partial charge in [0.05, 0.1) is 13.1 Å². The molecule has 2 heteroatoms. The van der Waals surface area contributed by atoms with Crippen molar-refractivity contribution in [2.45, 2.75) is 26.4 Å². The molecule has 9 heavy (non-hydrogen) atoms. The molecule has 0 amide bonds. The van der Waals surface area contributed by atoms with Crippen LogP contribution in [0.5, 0.6) is 0 Å². The minimum Gasteiger partial charge on any atom is -0.466 e. The summed E-state index contributed by atoms with van der Waals surface area (Å²) < 4.78 is 0. The van der Waals surface area contributed by atoms with E-state index in [1.165, 1.54) is 4.90 Å². The van der Waals surface area contributed by atoms with Gasteiger partial charge in [0.25, 0.3) is 0 Å². The standard InChI is InChI=1S/C5H11NO.C2H6/c1-6-3-2-5(7)4-6;1-2/h5-7H,1-4H2;1-2H3/t5-;/m1./s1. The average molecular weight is 131 g/mol. The summed E-state index contributed by atoms with van der Waals surface area (Å²) >= 11 is 0. The van der Waals surface area contributed by atoms with E-state index in [-0.39, 0.29) is 6.10 Å². The van der Waals surface area contributed by atoms with Crippen LogP contribution in [-0.2, 0) is 0 Å². The zero-order chi connectivity index (χ0) is 7.28. The second-order valence-corrected chi connectivity index (χ2v) is 2.15. The molecule has 1 aliphatic heterocycles. The van der Waals surface area contributed by atoms with Gasteiger partial charge in [0.15, 0.2) is 0 Å². The molecule has 0 aromatic rings. The van der Waals surface area contributed by atoms with Gasteiger partial charge in [0.1, 0.15) is 6.10 Å². The maximum absolute atomic E-state index is 8.84. The number of quaternary nitrogens is 1. The molecule has 56 valence electrons. The van der Waals surface area contributed by atoms with E-state index in [4.69, 9.17) is 5.11 Å². The molecule has 1 rings (SSSR count). The molecule has 0 spiro atoms. The second-order valence-electron chi connectivity index (χ2n) is 2.15. The fourth-order valence-corrected chi connectivity index (χ4v) is 0.908. The Balaban J connectivity index is 0.000000291. The Kier molecular flexibility index (Phi) is 4.72. The van der Waals surface area contributed by atoms with Crippen molar-refractivity contribution in [1.29, 1.82) is 0 Å². The number of rotatable bonds is 0. The molecule has 1 unspecified atom stereocenters. The van der Waals surface area contributed by atoms with Crippen LogP contribution in [0.3, 0.4) is 0 Å². The Morgan fingerprint density at radius 1 is 1.56 bits per heavy atom. The van der Waals surface area contributed by atoms with E-state index in [1.54, 1.807) is 0 Å². The van der Waals surface area contributed by atoms with Crippen LogP contribution in [0, 0.1) is 7.05 Å². The van der Waals surface area contributed by atoms with Crippen LogP contribution in [0.25, 0.3) is 0 Å². The third-order valence-electron chi connectivity index (χ3n) is 1.36. The summed E-state index contributed by atoms with van der Waals surface area (Å²) in [6.07, 6.45) is 0.853. The number of hydrogen-bond acceptors (Lipinski definition) is 1. The monoisotopic (exact) mass is 131 g/mol. The van der Waals surface area contributed by atoms with Crippen LogP contribution in [0.15, 0.2) is 0 Å². The van der Waals surface area contributed by atoms with E-state index < -0.39 is 0 Å². The van der Waals surface area contributed by atoms with Gasteiger partial charge >= 0.3 is 0 Å². The van der Waals surface area contributed by atoms with Gasteiger partial charge < -0.3 is 10.0 Å². The minimum atomic E-state index is -0.0764. The van der Waals surface area contributed by atoms with Crippen molar-refractivity contribution in [2.24, 2.45) is 0 Å². The molecule has 1 fully saturated rings. The molecule has 0 aromatic carbocycles.